The van der Waals surface area contributed by atoms with Crippen LogP contribution in [0.4, 0.5) is 5.69 Å². The minimum atomic E-state index is 0.463. The summed E-state index contributed by atoms with van der Waals surface area (Å²) in [6.45, 7) is 3.58. The van der Waals surface area contributed by atoms with Crippen LogP contribution >= 0.6 is 23.2 Å². The summed E-state index contributed by atoms with van der Waals surface area (Å²) in [5.74, 6) is 0.463. The van der Waals surface area contributed by atoms with Crippen molar-refractivity contribution in [3.8, 4) is 6.07 Å². The average Bonchev–Trinajstić information content (AvgIpc) is 2.31. The number of hydrogen-bond acceptors (Lipinski definition) is 2. The maximum Gasteiger partial charge on any atom is 0.0642 e. The van der Waals surface area contributed by atoms with Crippen molar-refractivity contribution in [2.24, 2.45) is 0 Å². The topological polar surface area (TPSA) is 27.0 Å². The van der Waals surface area contributed by atoms with Crippen molar-refractivity contribution in [3.05, 3.63) is 28.8 Å². The first kappa shape index (κ1) is 13.2. The Morgan fingerprint density at radius 2 is 2.19 bits per heavy atom. The van der Waals surface area contributed by atoms with Crippen molar-refractivity contribution in [2.75, 3.05) is 18.0 Å². The summed E-state index contributed by atoms with van der Waals surface area (Å²) < 4.78 is 0. The van der Waals surface area contributed by atoms with E-state index in [1.807, 2.05) is 25.1 Å². The van der Waals surface area contributed by atoms with Crippen LogP contribution in [0.5, 0.6) is 0 Å². The molecule has 0 heterocycles. The van der Waals surface area contributed by atoms with E-state index in [1.54, 1.807) is 0 Å². The lowest BCUT2D eigenvalue weighted by atomic mass is 10.2. The molecule has 0 spiro atoms. The van der Waals surface area contributed by atoms with Crippen LogP contribution in [0.1, 0.15) is 18.9 Å². The molecule has 1 aromatic rings. The molecule has 0 saturated carbocycles. The van der Waals surface area contributed by atoms with Gasteiger partial charge in [0.2, 0.25) is 0 Å². The molecule has 0 aliphatic heterocycles. The van der Waals surface area contributed by atoms with E-state index < -0.39 is 0 Å². The Kier molecular flexibility index (Phi) is 5.45. The highest BCUT2D eigenvalue weighted by molar-refractivity contribution is 6.33. The number of halogens is 2. The molecule has 1 rings (SSSR count). The molecule has 0 atom stereocenters. The Labute approximate surface area is 106 Å². The van der Waals surface area contributed by atoms with Gasteiger partial charge in [-0.25, -0.2) is 0 Å². The zero-order valence-electron chi connectivity index (χ0n) is 9.21. The van der Waals surface area contributed by atoms with Crippen molar-refractivity contribution < 1.29 is 0 Å². The standard InChI is InChI=1S/C12H14Cl2N2/c1-2-16(7-3-6-15)12-5-4-10(9-13)8-11(12)14/h4-5,8H,2-3,7,9H2,1H3. The quantitative estimate of drug-likeness (QED) is 0.750. The first-order chi connectivity index (χ1) is 7.72. The molecule has 0 saturated heterocycles. The van der Waals surface area contributed by atoms with Crippen molar-refractivity contribution in [1.82, 2.24) is 0 Å². The third-order valence-electron chi connectivity index (χ3n) is 2.38. The van der Waals surface area contributed by atoms with Crippen molar-refractivity contribution >= 4 is 28.9 Å². The smallest absolute Gasteiger partial charge is 0.0642 e. The van der Waals surface area contributed by atoms with Gasteiger partial charge in [-0.2, -0.15) is 5.26 Å². The zero-order valence-corrected chi connectivity index (χ0v) is 10.7. The van der Waals surface area contributed by atoms with E-state index in [2.05, 4.69) is 11.0 Å². The molecule has 2 nitrogen and oxygen atoms in total. The highest BCUT2D eigenvalue weighted by Gasteiger charge is 2.08. The number of rotatable bonds is 5. The predicted octanol–water partition coefficient (Wildman–Crippen LogP) is 3.82. The molecular weight excluding hydrogens is 243 g/mol. The van der Waals surface area contributed by atoms with Gasteiger partial charge in [-0.05, 0) is 24.6 Å². The third kappa shape index (κ3) is 3.30. The molecule has 0 aliphatic carbocycles. The highest BCUT2D eigenvalue weighted by Crippen LogP contribution is 2.27. The van der Waals surface area contributed by atoms with Gasteiger partial charge in [-0.1, -0.05) is 17.7 Å². The van der Waals surface area contributed by atoms with Gasteiger partial charge in [0.15, 0.2) is 0 Å². The predicted molar refractivity (Wildman–Crippen MR) is 69.1 cm³/mol. The number of alkyl halides is 1. The summed E-state index contributed by atoms with van der Waals surface area (Å²) in [7, 11) is 0. The van der Waals surface area contributed by atoms with Crippen molar-refractivity contribution in [3.63, 3.8) is 0 Å². The average molecular weight is 257 g/mol. The number of nitrogens with zero attached hydrogens (tertiary/aromatic N) is 2. The third-order valence-corrected chi connectivity index (χ3v) is 2.99. The van der Waals surface area contributed by atoms with Crippen LogP contribution in [0.15, 0.2) is 18.2 Å². The lowest BCUT2D eigenvalue weighted by Crippen LogP contribution is -2.23. The Morgan fingerprint density at radius 3 is 2.69 bits per heavy atom. The van der Waals surface area contributed by atoms with Crippen LogP contribution < -0.4 is 4.90 Å². The fraction of sp³-hybridized carbons (Fsp3) is 0.417. The van der Waals surface area contributed by atoms with Crippen LogP contribution in [-0.2, 0) is 5.88 Å². The first-order valence-corrected chi connectivity index (χ1v) is 6.10. The largest absolute Gasteiger partial charge is 0.370 e. The van der Waals surface area contributed by atoms with Crippen LogP contribution in [0, 0.1) is 11.3 Å². The van der Waals surface area contributed by atoms with E-state index in [0.717, 1.165) is 17.8 Å². The Morgan fingerprint density at radius 1 is 1.44 bits per heavy atom. The van der Waals surface area contributed by atoms with Gasteiger partial charge in [0.05, 0.1) is 23.2 Å². The second kappa shape index (κ2) is 6.62. The van der Waals surface area contributed by atoms with Crippen molar-refractivity contribution in [1.29, 1.82) is 5.26 Å². The summed E-state index contributed by atoms with van der Waals surface area (Å²) in [4.78, 5) is 2.09. The summed E-state index contributed by atoms with van der Waals surface area (Å²) in [5.41, 5.74) is 1.97. The summed E-state index contributed by atoms with van der Waals surface area (Å²) in [5, 5.41) is 9.27. The van der Waals surface area contributed by atoms with Crippen LogP contribution in [0.2, 0.25) is 5.02 Å². The molecule has 0 aliphatic rings. The molecule has 86 valence electrons. The molecule has 0 bridgehead atoms. The Bertz CT molecular complexity index is 385. The number of hydrogen-bond donors (Lipinski definition) is 0. The van der Waals surface area contributed by atoms with E-state index in [0.29, 0.717) is 23.9 Å². The monoisotopic (exact) mass is 256 g/mol. The van der Waals surface area contributed by atoms with Gasteiger partial charge in [0, 0.05) is 19.0 Å². The van der Waals surface area contributed by atoms with Gasteiger partial charge in [0.1, 0.15) is 0 Å². The molecule has 4 heteroatoms. The van der Waals surface area contributed by atoms with Gasteiger partial charge < -0.3 is 4.90 Å². The van der Waals surface area contributed by atoms with E-state index in [1.165, 1.54) is 0 Å². The summed E-state index contributed by atoms with van der Waals surface area (Å²) in [6.07, 6.45) is 0.501. The van der Waals surface area contributed by atoms with E-state index >= 15 is 0 Å². The zero-order chi connectivity index (χ0) is 12.0. The number of nitriles is 1. The number of anilines is 1. The minimum absolute atomic E-state index is 0.463. The van der Waals surface area contributed by atoms with E-state index in [-0.39, 0.29) is 0 Å². The van der Waals surface area contributed by atoms with E-state index in [4.69, 9.17) is 28.5 Å². The van der Waals surface area contributed by atoms with Gasteiger partial charge in [0.25, 0.3) is 0 Å². The number of benzene rings is 1. The Balaban J connectivity index is 2.88. The van der Waals surface area contributed by atoms with Crippen LogP contribution in [0.25, 0.3) is 0 Å². The Hall–Kier alpha value is -0.910. The molecule has 0 N–H and O–H groups in total. The molecule has 0 radical (unpaired) electrons. The highest BCUT2D eigenvalue weighted by atomic mass is 35.5. The van der Waals surface area contributed by atoms with Gasteiger partial charge >= 0.3 is 0 Å². The molecule has 0 aromatic heterocycles. The lowest BCUT2D eigenvalue weighted by Gasteiger charge is -2.23. The summed E-state index contributed by atoms with van der Waals surface area (Å²) >= 11 is 11.9. The normalized spacial score (nSPS) is 9.88. The van der Waals surface area contributed by atoms with Crippen molar-refractivity contribution in [2.45, 2.75) is 19.2 Å². The van der Waals surface area contributed by atoms with Crippen LogP contribution in [-0.4, -0.2) is 13.1 Å². The maximum absolute atomic E-state index is 8.58. The molecule has 16 heavy (non-hydrogen) atoms. The minimum Gasteiger partial charge on any atom is -0.370 e. The molecule has 0 unspecified atom stereocenters. The molecular formula is C12H14Cl2N2. The molecule has 0 amide bonds. The molecule has 0 fully saturated rings. The first-order valence-electron chi connectivity index (χ1n) is 5.19. The van der Waals surface area contributed by atoms with Gasteiger partial charge in [-0.3, -0.25) is 0 Å². The van der Waals surface area contributed by atoms with Crippen LogP contribution in [0.3, 0.4) is 0 Å². The molecule has 1 aromatic carbocycles. The lowest BCUT2D eigenvalue weighted by molar-refractivity contribution is 0.827. The second-order valence-electron chi connectivity index (χ2n) is 3.41. The maximum atomic E-state index is 8.58. The summed E-state index contributed by atoms with van der Waals surface area (Å²) in [6, 6.07) is 7.93. The van der Waals surface area contributed by atoms with E-state index in [9.17, 15) is 0 Å². The fourth-order valence-electron chi connectivity index (χ4n) is 1.52. The van der Waals surface area contributed by atoms with Gasteiger partial charge in [-0.15, -0.1) is 11.6 Å². The fourth-order valence-corrected chi connectivity index (χ4v) is 2.01. The SMILES string of the molecule is CCN(CCC#N)c1ccc(CCl)cc1Cl. The second-order valence-corrected chi connectivity index (χ2v) is 4.08.